The Balaban J connectivity index is 1.63. The van der Waals surface area contributed by atoms with Gasteiger partial charge in [0, 0.05) is 24.7 Å². The van der Waals surface area contributed by atoms with Crippen LogP contribution < -0.4 is 15.0 Å². The minimum absolute atomic E-state index is 0.0784. The summed E-state index contributed by atoms with van der Waals surface area (Å²) in [5.74, 6) is -0.859. The maximum Gasteiger partial charge on any atom is 0.305 e. The third-order valence-corrected chi connectivity index (χ3v) is 4.85. The van der Waals surface area contributed by atoms with Crippen LogP contribution in [0.4, 0.5) is 5.69 Å². The minimum Gasteiger partial charge on any atom is -0.484 e. The number of benzene rings is 2. The summed E-state index contributed by atoms with van der Waals surface area (Å²) in [6.45, 7) is 2.30. The smallest absolute Gasteiger partial charge is 0.305 e. The van der Waals surface area contributed by atoms with Gasteiger partial charge in [0.25, 0.3) is 5.91 Å². The van der Waals surface area contributed by atoms with Crippen LogP contribution in [0.1, 0.15) is 36.4 Å². The van der Waals surface area contributed by atoms with Gasteiger partial charge in [-0.15, -0.1) is 0 Å². The van der Waals surface area contributed by atoms with E-state index in [1.807, 2.05) is 31.2 Å². The number of aliphatic carboxylic acids is 1. The molecule has 0 radical (unpaired) electrons. The Kier molecular flexibility index (Phi) is 6.49. The van der Waals surface area contributed by atoms with Gasteiger partial charge in [0.2, 0.25) is 5.91 Å². The summed E-state index contributed by atoms with van der Waals surface area (Å²) in [6, 6.07) is 13.8. The van der Waals surface area contributed by atoms with Crippen molar-refractivity contribution < 1.29 is 24.2 Å². The van der Waals surface area contributed by atoms with E-state index in [2.05, 4.69) is 5.32 Å². The average molecular weight is 396 g/mol. The van der Waals surface area contributed by atoms with E-state index >= 15 is 0 Å². The van der Waals surface area contributed by atoms with Crippen LogP contribution in [0.2, 0.25) is 0 Å². The number of nitrogens with zero attached hydrogens (tertiary/aromatic N) is 1. The molecule has 29 heavy (non-hydrogen) atoms. The van der Waals surface area contributed by atoms with Gasteiger partial charge in [-0.2, -0.15) is 0 Å². The highest BCUT2D eigenvalue weighted by Gasteiger charge is 2.22. The van der Waals surface area contributed by atoms with Gasteiger partial charge in [0.05, 0.1) is 12.5 Å². The zero-order chi connectivity index (χ0) is 20.8. The van der Waals surface area contributed by atoms with Crippen LogP contribution in [-0.4, -0.2) is 36.0 Å². The molecule has 1 saturated heterocycles. The molecule has 1 atom stereocenters. The topological polar surface area (TPSA) is 95.9 Å². The predicted molar refractivity (Wildman–Crippen MR) is 108 cm³/mol. The molecule has 1 unspecified atom stereocenters. The molecule has 2 amide bonds. The molecule has 1 aliphatic rings. The van der Waals surface area contributed by atoms with Gasteiger partial charge >= 0.3 is 5.97 Å². The fourth-order valence-corrected chi connectivity index (χ4v) is 3.44. The van der Waals surface area contributed by atoms with Crippen molar-refractivity contribution >= 4 is 23.5 Å². The largest absolute Gasteiger partial charge is 0.484 e. The SMILES string of the molecule is Cc1ccccc1C(CC(=O)O)NC(=O)COc1cccc(N2CCCC2=O)c1. The number of hydrogen-bond donors (Lipinski definition) is 2. The first kappa shape index (κ1) is 20.4. The molecule has 1 fully saturated rings. The second-order valence-electron chi connectivity index (χ2n) is 7.01. The lowest BCUT2D eigenvalue weighted by molar-refractivity contribution is -0.137. The van der Waals surface area contributed by atoms with Crippen molar-refractivity contribution in [2.24, 2.45) is 0 Å². The number of carbonyl (C=O) groups excluding carboxylic acids is 2. The van der Waals surface area contributed by atoms with Crippen LogP contribution in [0.25, 0.3) is 0 Å². The number of ether oxygens (including phenoxy) is 1. The van der Waals surface area contributed by atoms with Crippen molar-refractivity contribution in [3.8, 4) is 5.75 Å². The van der Waals surface area contributed by atoms with Crippen LogP contribution in [0.3, 0.4) is 0 Å². The number of anilines is 1. The van der Waals surface area contributed by atoms with Crippen LogP contribution >= 0.6 is 0 Å². The van der Waals surface area contributed by atoms with E-state index < -0.39 is 17.9 Å². The highest BCUT2D eigenvalue weighted by molar-refractivity contribution is 5.95. The van der Waals surface area contributed by atoms with E-state index in [0.717, 1.165) is 23.2 Å². The highest BCUT2D eigenvalue weighted by Crippen LogP contribution is 2.25. The Morgan fingerprint density at radius 3 is 2.69 bits per heavy atom. The Morgan fingerprint density at radius 2 is 2.00 bits per heavy atom. The molecule has 2 aromatic carbocycles. The Bertz CT molecular complexity index is 912. The Labute approximate surface area is 169 Å². The zero-order valence-corrected chi connectivity index (χ0v) is 16.3. The Morgan fingerprint density at radius 1 is 1.21 bits per heavy atom. The summed E-state index contributed by atoms with van der Waals surface area (Å²) in [7, 11) is 0. The monoisotopic (exact) mass is 396 g/mol. The first-order valence-corrected chi connectivity index (χ1v) is 9.54. The van der Waals surface area contributed by atoms with Gasteiger partial charge < -0.3 is 20.1 Å². The quantitative estimate of drug-likeness (QED) is 0.715. The number of carboxylic acid groups (broad SMARTS) is 1. The molecule has 0 aromatic heterocycles. The van der Waals surface area contributed by atoms with Crippen LogP contribution in [0, 0.1) is 6.92 Å². The zero-order valence-electron chi connectivity index (χ0n) is 16.3. The molecule has 0 saturated carbocycles. The van der Waals surface area contributed by atoms with E-state index in [1.54, 1.807) is 29.2 Å². The van der Waals surface area contributed by atoms with Crippen molar-refractivity contribution in [3.05, 3.63) is 59.7 Å². The van der Waals surface area contributed by atoms with Crippen LogP contribution in [-0.2, 0) is 14.4 Å². The lowest BCUT2D eigenvalue weighted by atomic mass is 9.99. The van der Waals surface area contributed by atoms with Gasteiger partial charge in [-0.25, -0.2) is 0 Å². The molecule has 0 bridgehead atoms. The van der Waals surface area contributed by atoms with E-state index in [4.69, 9.17) is 4.74 Å². The molecule has 3 rings (SSSR count). The van der Waals surface area contributed by atoms with Gasteiger partial charge in [-0.05, 0) is 36.6 Å². The summed E-state index contributed by atoms with van der Waals surface area (Å²) in [6.07, 6.45) is 1.15. The third kappa shape index (κ3) is 5.34. The number of aryl methyl sites for hydroxylation is 1. The predicted octanol–water partition coefficient (Wildman–Crippen LogP) is 2.83. The van der Waals surface area contributed by atoms with Crippen molar-refractivity contribution in [2.75, 3.05) is 18.1 Å². The maximum absolute atomic E-state index is 12.4. The fraction of sp³-hybridized carbons (Fsp3) is 0.318. The highest BCUT2D eigenvalue weighted by atomic mass is 16.5. The minimum atomic E-state index is -0.998. The standard InChI is InChI=1S/C22H24N2O5/c1-15-6-2-3-9-18(15)19(13-22(27)28)23-20(25)14-29-17-8-4-7-16(12-17)24-11-5-10-21(24)26/h2-4,6-9,12,19H,5,10-11,13-14H2,1H3,(H,23,25)(H,27,28). The molecule has 2 N–H and O–H groups in total. The summed E-state index contributed by atoms with van der Waals surface area (Å²) in [5, 5.41) is 11.9. The van der Waals surface area contributed by atoms with Gasteiger partial charge in [0.15, 0.2) is 6.61 Å². The molecule has 0 aliphatic carbocycles. The lowest BCUT2D eigenvalue weighted by Gasteiger charge is -2.20. The van der Waals surface area contributed by atoms with Crippen molar-refractivity contribution in [1.29, 1.82) is 0 Å². The van der Waals surface area contributed by atoms with Crippen LogP contribution in [0.5, 0.6) is 5.75 Å². The van der Waals surface area contributed by atoms with Gasteiger partial charge in [0.1, 0.15) is 5.75 Å². The molecular formula is C22H24N2O5. The Hall–Kier alpha value is -3.35. The molecule has 7 nitrogen and oxygen atoms in total. The molecule has 2 aromatic rings. The molecule has 0 spiro atoms. The van der Waals surface area contributed by atoms with E-state index in [1.165, 1.54) is 0 Å². The maximum atomic E-state index is 12.4. The normalized spacial score (nSPS) is 14.5. The first-order chi connectivity index (χ1) is 13.9. The summed E-state index contributed by atoms with van der Waals surface area (Å²) in [5.41, 5.74) is 2.41. The number of carboxylic acids is 1. The number of nitrogens with one attached hydrogen (secondary N) is 1. The number of hydrogen-bond acceptors (Lipinski definition) is 4. The number of rotatable bonds is 8. The number of carbonyl (C=O) groups is 3. The molecule has 1 aliphatic heterocycles. The third-order valence-electron chi connectivity index (χ3n) is 4.85. The molecule has 152 valence electrons. The second-order valence-corrected chi connectivity index (χ2v) is 7.01. The van der Waals surface area contributed by atoms with E-state index in [0.29, 0.717) is 18.7 Å². The summed E-state index contributed by atoms with van der Waals surface area (Å²) in [4.78, 5) is 37.2. The average Bonchev–Trinajstić information content (AvgIpc) is 3.12. The van der Waals surface area contributed by atoms with E-state index in [-0.39, 0.29) is 18.9 Å². The first-order valence-electron chi connectivity index (χ1n) is 9.54. The van der Waals surface area contributed by atoms with Crippen molar-refractivity contribution in [1.82, 2.24) is 5.32 Å². The fourth-order valence-electron chi connectivity index (χ4n) is 3.44. The number of amides is 2. The van der Waals surface area contributed by atoms with Gasteiger partial charge in [-0.3, -0.25) is 14.4 Å². The van der Waals surface area contributed by atoms with Crippen molar-refractivity contribution in [2.45, 2.75) is 32.2 Å². The molecular weight excluding hydrogens is 372 g/mol. The molecule has 7 heteroatoms. The second kappa shape index (κ2) is 9.23. The van der Waals surface area contributed by atoms with E-state index in [9.17, 15) is 19.5 Å². The summed E-state index contributed by atoms with van der Waals surface area (Å²) >= 11 is 0. The summed E-state index contributed by atoms with van der Waals surface area (Å²) < 4.78 is 5.58. The van der Waals surface area contributed by atoms with Crippen LogP contribution in [0.15, 0.2) is 48.5 Å². The molecule has 1 heterocycles. The van der Waals surface area contributed by atoms with Gasteiger partial charge in [-0.1, -0.05) is 30.3 Å². The van der Waals surface area contributed by atoms with Crippen molar-refractivity contribution in [3.63, 3.8) is 0 Å². The lowest BCUT2D eigenvalue weighted by Crippen LogP contribution is -2.34.